The van der Waals surface area contributed by atoms with E-state index in [2.05, 4.69) is 10.3 Å². The Hall–Kier alpha value is -1.29. The molecule has 1 heterocycles. The number of pyridine rings is 1. The first-order chi connectivity index (χ1) is 6.13. The van der Waals surface area contributed by atoms with E-state index in [0.29, 0.717) is 5.69 Å². The van der Waals surface area contributed by atoms with Gasteiger partial charge in [0.15, 0.2) is 0 Å². The molecule has 0 aliphatic heterocycles. The highest BCUT2D eigenvalue weighted by Crippen LogP contribution is 2.13. The molecule has 4 N–H and O–H groups in total. The average Bonchev–Trinajstić information content (AvgIpc) is 2.11. The number of nitrogens with two attached hydrogens (primary N) is 1. The molecule has 13 heavy (non-hydrogen) atoms. The molecule has 0 saturated heterocycles. The summed E-state index contributed by atoms with van der Waals surface area (Å²) in [5, 5.41) is 11.8. The molecule has 4 heteroatoms. The molecule has 0 saturated carbocycles. The lowest BCUT2D eigenvalue weighted by atomic mass is 10.2. The summed E-state index contributed by atoms with van der Waals surface area (Å²) >= 11 is 0. The van der Waals surface area contributed by atoms with Crippen LogP contribution in [-0.2, 0) is 0 Å². The predicted octanol–water partition coefficient (Wildman–Crippen LogP) is 0.765. The Morgan fingerprint density at radius 1 is 1.69 bits per heavy atom. The highest BCUT2D eigenvalue weighted by atomic mass is 16.3. The second-order valence-electron chi connectivity index (χ2n) is 3.15. The summed E-state index contributed by atoms with van der Waals surface area (Å²) in [5.74, 6) is 0.744. The first-order valence-corrected chi connectivity index (χ1v) is 4.23. The molecule has 72 valence electrons. The molecule has 0 fully saturated rings. The fourth-order valence-corrected chi connectivity index (χ4v) is 0.944. The topological polar surface area (TPSA) is 71.2 Å². The second-order valence-corrected chi connectivity index (χ2v) is 3.15. The van der Waals surface area contributed by atoms with Gasteiger partial charge in [0.05, 0.1) is 18.5 Å². The van der Waals surface area contributed by atoms with Gasteiger partial charge in [0.2, 0.25) is 0 Å². The van der Waals surface area contributed by atoms with Crippen LogP contribution in [0.3, 0.4) is 0 Å². The monoisotopic (exact) mass is 181 g/mol. The van der Waals surface area contributed by atoms with Gasteiger partial charge in [-0.3, -0.25) is 0 Å². The van der Waals surface area contributed by atoms with Gasteiger partial charge in [-0.15, -0.1) is 0 Å². The van der Waals surface area contributed by atoms with E-state index < -0.39 is 0 Å². The number of aromatic nitrogens is 1. The van der Waals surface area contributed by atoms with E-state index in [4.69, 9.17) is 10.8 Å². The van der Waals surface area contributed by atoms with E-state index in [-0.39, 0.29) is 12.6 Å². The standard InChI is InChI=1S/C9H15N3O/c1-6-3-9(11-4-8(6)10)12-7(2)5-13/h3-4,7,13H,5,10H2,1-2H3,(H,11,12). The molecule has 0 aliphatic carbocycles. The van der Waals surface area contributed by atoms with Crippen molar-refractivity contribution in [1.29, 1.82) is 0 Å². The summed E-state index contributed by atoms with van der Waals surface area (Å²) in [4.78, 5) is 4.08. The normalized spacial score (nSPS) is 12.5. The van der Waals surface area contributed by atoms with Crippen LogP contribution in [0, 0.1) is 6.92 Å². The van der Waals surface area contributed by atoms with Crippen molar-refractivity contribution in [3.63, 3.8) is 0 Å². The molecule has 0 aromatic carbocycles. The number of rotatable bonds is 3. The summed E-state index contributed by atoms with van der Waals surface area (Å²) in [6, 6.07) is 1.87. The summed E-state index contributed by atoms with van der Waals surface area (Å²) in [7, 11) is 0. The van der Waals surface area contributed by atoms with E-state index >= 15 is 0 Å². The number of nitrogen functional groups attached to an aromatic ring is 1. The zero-order chi connectivity index (χ0) is 9.84. The van der Waals surface area contributed by atoms with Gasteiger partial charge < -0.3 is 16.2 Å². The highest BCUT2D eigenvalue weighted by Gasteiger charge is 2.01. The van der Waals surface area contributed by atoms with Gasteiger partial charge in [-0.1, -0.05) is 0 Å². The van der Waals surface area contributed by atoms with Gasteiger partial charge >= 0.3 is 0 Å². The van der Waals surface area contributed by atoms with Gasteiger partial charge in [-0.05, 0) is 25.5 Å². The molecule has 1 aromatic heterocycles. The van der Waals surface area contributed by atoms with Gasteiger partial charge in [0.1, 0.15) is 5.82 Å². The highest BCUT2D eigenvalue weighted by molar-refractivity contribution is 5.51. The summed E-state index contributed by atoms with van der Waals surface area (Å²) in [6.07, 6.45) is 1.61. The maximum absolute atomic E-state index is 8.81. The fraction of sp³-hybridized carbons (Fsp3) is 0.444. The maximum atomic E-state index is 8.81. The van der Waals surface area contributed by atoms with Crippen LogP contribution in [0.1, 0.15) is 12.5 Å². The molecule has 0 spiro atoms. The van der Waals surface area contributed by atoms with Crippen LogP contribution in [0.2, 0.25) is 0 Å². The van der Waals surface area contributed by atoms with Crippen molar-refractivity contribution >= 4 is 11.5 Å². The van der Waals surface area contributed by atoms with Gasteiger partial charge in [0, 0.05) is 6.04 Å². The lowest BCUT2D eigenvalue weighted by molar-refractivity contribution is 0.281. The van der Waals surface area contributed by atoms with Crippen molar-refractivity contribution in [3.05, 3.63) is 17.8 Å². The van der Waals surface area contributed by atoms with Crippen molar-refractivity contribution in [2.75, 3.05) is 17.7 Å². The van der Waals surface area contributed by atoms with Crippen molar-refractivity contribution in [1.82, 2.24) is 4.98 Å². The first kappa shape index (κ1) is 9.80. The lowest BCUT2D eigenvalue weighted by Crippen LogP contribution is -2.20. The van der Waals surface area contributed by atoms with Crippen molar-refractivity contribution < 1.29 is 5.11 Å². The molecule has 0 amide bonds. The van der Waals surface area contributed by atoms with Crippen molar-refractivity contribution in [3.8, 4) is 0 Å². The van der Waals surface area contributed by atoms with Crippen LogP contribution in [0.15, 0.2) is 12.3 Å². The quantitative estimate of drug-likeness (QED) is 0.644. The molecule has 1 aromatic rings. The number of hydrogen-bond donors (Lipinski definition) is 3. The Labute approximate surface area is 77.8 Å². The van der Waals surface area contributed by atoms with Crippen LogP contribution in [0.5, 0.6) is 0 Å². The van der Waals surface area contributed by atoms with E-state index in [1.165, 1.54) is 0 Å². The van der Waals surface area contributed by atoms with Crippen LogP contribution in [0.4, 0.5) is 11.5 Å². The average molecular weight is 181 g/mol. The van der Waals surface area contributed by atoms with Gasteiger partial charge in [0.25, 0.3) is 0 Å². The van der Waals surface area contributed by atoms with E-state index in [1.807, 2.05) is 19.9 Å². The largest absolute Gasteiger partial charge is 0.397 e. The molecule has 0 aliphatic rings. The first-order valence-electron chi connectivity index (χ1n) is 4.23. The minimum atomic E-state index is 0.00974. The van der Waals surface area contributed by atoms with Gasteiger partial charge in [-0.25, -0.2) is 4.98 Å². The minimum absolute atomic E-state index is 0.00974. The number of nitrogens with zero attached hydrogens (tertiary/aromatic N) is 1. The third-order valence-corrected chi connectivity index (χ3v) is 1.82. The Morgan fingerprint density at radius 2 is 2.38 bits per heavy atom. The number of aliphatic hydroxyl groups excluding tert-OH is 1. The molecular formula is C9H15N3O. The zero-order valence-electron chi connectivity index (χ0n) is 7.91. The molecule has 1 atom stereocenters. The summed E-state index contributed by atoms with van der Waals surface area (Å²) < 4.78 is 0. The van der Waals surface area contributed by atoms with Crippen molar-refractivity contribution in [2.45, 2.75) is 19.9 Å². The summed E-state index contributed by atoms with van der Waals surface area (Å²) in [6.45, 7) is 3.89. The third kappa shape index (κ3) is 2.59. The Morgan fingerprint density at radius 3 is 2.92 bits per heavy atom. The number of aliphatic hydroxyl groups is 1. The van der Waals surface area contributed by atoms with Crippen molar-refractivity contribution in [2.24, 2.45) is 0 Å². The van der Waals surface area contributed by atoms with Crippen LogP contribution in [0.25, 0.3) is 0 Å². The van der Waals surface area contributed by atoms with E-state index in [9.17, 15) is 0 Å². The number of nitrogens with one attached hydrogen (secondary N) is 1. The molecule has 1 unspecified atom stereocenters. The van der Waals surface area contributed by atoms with Crippen LogP contribution >= 0.6 is 0 Å². The van der Waals surface area contributed by atoms with E-state index in [0.717, 1.165) is 11.4 Å². The Kier molecular flexibility index (Phi) is 3.08. The predicted molar refractivity (Wildman–Crippen MR) is 53.6 cm³/mol. The molecule has 1 rings (SSSR count). The minimum Gasteiger partial charge on any atom is -0.397 e. The third-order valence-electron chi connectivity index (χ3n) is 1.82. The molecule has 4 nitrogen and oxygen atoms in total. The SMILES string of the molecule is Cc1cc(NC(C)CO)ncc1N. The maximum Gasteiger partial charge on any atom is 0.126 e. The number of anilines is 2. The Balaban J connectivity index is 2.73. The van der Waals surface area contributed by atoms with Crippen LogP contribution < -0.4 is 11.1 Å². The smallest absolute Gasteiger partial charge is 0.126 e. The molecule has 0 bridgehead atoms. The fourth-order valence-electron chi connectivity index (χ4n) is 0.944. The Bertz CT molecular complexity index is 288. The number of hydrogen-bond acceptors (Lipinski definition) is 4. The lowest BCUT2D eigenvalue weighted by Gasteiger charge is -2.12. The van der Waals surface area contributed by atoms with Gasteiger partial charge in [-0.2, -0.15) is 0 Å². The second kappa shape index (κ2) is 4.09. The molecular weight excluding hydrogens is 166 g/mol. The number of aryl methyl sites for hydroxylation is 1. The van der Waals surface area contributed by atoms with Crippen LogP contribution in [-0.4, -0.2) is 22.7 Å². The summed E-state index contributed by atoms with van der Waals surface area (Å²) in [5.41, 5.74) is 7.28. The molecule has 0 radical (unpaired) electrons. The van der Waals surface area contributed by atoms with E-state index in [1.54, 1.807) is 6.20 Å². The zero-order valence-corrected chi connectivity index (χ0v) is 7.91.